The van der Waals surface area contributed by atoms with E-state index in [1.807, 2.05) is 32.9 Å². The standard InChI is InChI=1S/C35H38ClF3N6O3/c1-21-7-9-25(23(3)22(21)2)29-20-31(48-35(46)44(5)33-27(38)11-10-26(37)32(33)36)42-34(41-29)40-24-8-12-30(28(39)19-24)47-18-6-13-45-16-14-43(4)15-17-45/h7-12,19-20H,6,13-18H2,1-5H3,(H,40,41,42). The third-order valence-corrected chi connectivity index (χ3v) is 8.88. The van der Waals surface area contributed by atoms with Crippen LogP contribution in [0.3, 0.4) is 0 Å². The van der Waals surface area contributed by atoms with E-state index in [1.54, 1.807) is 6.07 Å². The van der Waals surface area contributed by atoms with Crippen molar-refractivity contribution in [2.45, 2.75) is 27.2 Å². The zero-order valence-corrected chi connectivity index (χ0v) is 28.3. The second-order valence-corrected chi connectivity index (χ2v) is 12.2. The van der Waals surface area contributed by atoms with Gasteiger partial charge in [0.15, 0.2) is 11.6 Å². The molecule has 1 amide bonds. The fourth-order valence-corrected chi connectivity index (χ4v) is 5.62. The van der Waals surface area contributed by atoms with E-state index in [0.29, 0.717) is 18.0 Å². The highest BCUT2D eigenvalue weighted by Crippen LogP contribution is 2.33. The van der Waals surface area contributed by atoms with Crippen LogP contribution in [0.5, 0.6) is 11.6 Å². The van der Waals surface area contributed by atoms with Gasteiger partial charge in [-0.05, 0) is 75.2 Å². The van der Waals surface area contributed by atoms with Gasteiger partial charge >= 0.3 is 6.09 Å². The van der Waals surface area contributed by atoms with Crippen molar-refractivity contribution in [3.05, 3.63) is 87.7 Å². The molecule has 3 aromatic carbocycles. The zero-order chi connectivity index (χ0) is 34.5. The molecule has 0 radical (unpaired) electrons. The monoisotopic (exact) mass is 682 g/mol. The maximum absolute atomic E-state index is 15.1. The summed E-state index contributed by atoms with van der Waals surface area (Å²) in [6.45, 7) is 11.3. The molecule has 254 valence electrons. The van der Waals surface area contributed by atoms with Crippen molar-refractivity contribution >= 4 is 35.0 Å². The van der Waals surface area contributed by atoms with Crippen molar-refractivity contribution in [2.75, 3.05) is 63.6 Å². The van der Waals surface area contributed by atoms with E-state index in [1.165, 1.54) is 25.2 Å². The van der Waals surface area contributed by atoms with Gasteiger partial charge in [-0.25, -0.2) is 22.9 Å². The molecular formula is C35H38ClF3N6O3. The number of benzene rings is 3. The fraction of sp³-hybridized carbons (Fsp3) is 0.343. The molecule has 48 heavy (non-hydrogen) atoms. The average Bonchev–Trinajstić information content (AvgIpc) is 3.05. The van der Waals surface area contributed by atoms with Crippen LogP contribution in [0.4, 0.5) is 35.3 Å². The molecule has 0 atom stereocenters. The Kier molecular flexibility index (Phi) is 11.1. The van der Waals surface area contributed by atoms with Gasteiger partial charge < -0.3 is 24.6 Å². The van der Waals surface area contributed by atoms with Crippen LogP contribution in [0.2, 0.25) is 5.02 Å². The average molecular weight is 683 g/mol. The van der Waals surface area contributed by atoms with Crippen LogP contribution in [-0.2, 0) is 0 Å². The number of hydrogen-bond donors (Lipinski definition) is 1. The minimum atomic E-state index is -1.08. The summed E-state index contributed by atoms with van der Waals surface area (Å²) in [6, 6.07) is 11.4. The number of halogens is 4. The SMILES string of the molecule is Cc1ccc(-c2cc(OC(=O)N(C)c3c(F)ccc(F)c3Cl)nc(Nc3ccc(OCCCN4CCN(C)CC4)c(F)c3)n2)c(C)c1C. The summed E-state index contributed by atoms with van der Waals surface area (Å²) in [5, 5.41) is 2.40. The summed E-state index contributed by atoms with van der Waals surface area (Å²) >= 11 is 5.96. The smallest absolute Gasteiger partial charge is 0.420 e. The Morgan fingerprint density at radius 2 is 1.67 bits per heavy atom. The minimum Gasteiger partial charge on any atom is -0.490 e. The number of likely N-dealkylation sites (N-methyl/N-ethyl adjacent to an activating group) is 1. The zero-order valence-electron chi connectivity index (χ0n) is 27.5. The Bertz CT molecular complexity index is 1800. The van der Waals surface area contributed by atoms with Gasteiger partial charge in [-0.1, -0.05) is 23.7 Å². The van der Waals surface area contributed by atoms with Crippen LogP contribution >= 0.6 is 11.6 Å². The molecule has 1 saturated heterocycles. The number of aryl methyl sites for hydroxylation is 1. The number of piperazine rings is 1. The normalized spacial score (nSPS) is 13.8. The number of carbonyl (C=O) groups is 1. The Balaban J connectivity index is 1.35. The Hall–Kier alpha value is -4.39. The van der Waals surface area contributed by atoms with Crippen molar-refractivity contribution in [2.24, 2.45) is 0 Å². The number of aromatic nitrogens is 2. The summed E-state index contributed by atoms with van der Waals surface area (Å²) in [6.07, 6.45) is -0.301. The predicted molar refractivity (Wildman–Crippen MR) is 181 cm³/mol. The molecule has 1 aliphatic rings. The molecule has 2 heterocycles. The van der Waals surface area contributed by atoms with E-state index in [4.69, 9.17) is 21.1 Å². The first-order valence-corrected chi connectivity index (χ1v) is 15.9. The van der Waals surface area contributed by atoms with Crippen LogP contribution in [0.1, 0.15) is 23.1 Å². The largest absolute Gasteiger partial charge is 0.490 e. The van der Waals surface area contributed by atoms with Crippen molar-refractivity contribution in [1.82, 2.24) is 19.8 Å². The minimum absolute atomic E-state index is 0.00537. The first-order chi connectivity index (χ1) is 22.9. The van der Waals surface area contributed by atoms with Gasteiger partial charge in [0.2, 0.25) is 11.8 Å². The third-order valence-electron chi connectivity index (χ3n) is 8.52. The lowest BCUT2D eigenvalue weighted by atomic mass is 9.97. The Morgan fingerprint density at radius 3 is 2.40 bits per heavy atom. The molecular weight excluding hydrogens is 645 g/mol. The molecule has 1 aliphatic heterocycles. The highest BCUT2D eigenvalue weighted by atomic mass is 35.5. The number of carbonyl (C=O) groups excluding carboxylic acids is 1. The number of anilines is 3. The summed E-state index contributed by atoms with van der Waals surface area (Å²) in [5.74, 6) is -2.44. The van der Waals surface area contributed by atoms with Crippen LogP contribution in [0.25, 0.3) is 11.3 Å². The summed E-state index contributed by atoms with van der Waals surface area (Å²) in [7, 11) is 3.31. The van der Waals surface area contributed by atoms with E-state index >= 15 is 4.39 Å². The molecule has 0 spiro atoms. The maximum atomic E-state index is 15.1. The molecule has 4 aromatic rings. The Morgan fingerprint density at radius 1 is 0.938 bits per heavy atom. The van der Waals surface area contributed by atoms with Gasteiger partial charge in [-0.3, -0.25) is 4.90 Å². The van der Waals surface area contributed by atoms with Crippen LogP contribution < -0.4 is 19.7 Å². The molecule has 0 bridgehead atoms. The molecule has 0 saturated carbocycles. The van der Waals surface area contributed by atoms with Crippen LogP contribution in [0.15, 0.2) is 48.5 Å². The lowest BCUT2D eigenvalue weighted by molar-refractivity contribution is 0.145. The third kappa shape index (κ3) is 8.18. The quantitative estimate of drug-likeness (QED) is 0.136. The molecule has 1 fully saturated rings. The van der Waals surface area contributed by atoms with Gasteiger partial charge in [-0.2, -0.15) is 4.98 Å². The highest BCUT2D eigenvalue weighted by molar-refractivity contribution is 6.33. The number of hydrogen-bond acceptors (Lipinski definition) is 8. The van der Waals surface area contributed by atoms with Crippen LogP contribution in [-0.4, -0.2) is 79.3 Å². The summed E-state index contributed by atoms with van der Waals surface area (Å²) in [5.41, 5.74) is 4.09. The van der Waals surface area contributed by atoms with E-state index in [-0.39, 0.29) is 17.6 Å². The molecule has 0 unspecified atom stereocenters. The summed E-state index contributed by atoms with van der Waals surface area (Å²) in [4.78, 5) is 27.5. The number of ether oxygens (including phenoxy) is 2. The number of nitrogens with one attached hydrogen (secondary N) is 1. The molecule has 1 N–H and O–H groups in total. The molecule has 9 nitrogen and oxygen atoms in total. The lowest BCUT2D eigenvalue weighted by Crippen LogP contribution is -2.44. The molecule has 5 rings (SSSR count). The van der Waals surface area contributed by atoms with Crippen molar-refractivity contribution in [3.63, 3.8) is 0 Å². The highest BCUT2D eigenvalue weighted by Gasteiger charge is 2.24. The maximum Gasteiger partial charge on any atom is 0.420 e. The van der Waals surface area contributed by atoms with E-state index < -0.39 is 34.3 Å². The second-order valence-electron chi connectivity index (χ2n) is 11.8. The van der Waals surface area contributed by atoms with Gasteiger partial charge in [0.25, 0.3) is 0 Å². The van der Waals surface area contributed by atoms with E-state index in [2.05, 4.69) is 32.1 Å². The topological polar surface area (TPSA) is 83.1 Å². The van der Waals surface area contributed by atoms with Gasteiger partial charge in [0, 0.05) is 63.2 Å². The summed E-state index contributed by atoms with van der Waals surface area (Å²) < 4.78 is 54.9. The van der Waals surface area contributed by atoms with E-state index in [0.717, 1.165) is 78.4 Å². The first-order valence-electron chi connectivity index (χ1n) is 15.6. The molecule has 13 heteroatoms. The molecule has 0 aliphatic carbocycles. The van der Waals surface area contributed by atoms with E-state index in [9.17, 15) is 13.6 Å². The number of amides is 1. The predicted octanol–water partition coefficient (Wildman–Crippen LogP) is 7.53. The molecule has 1 aromatic heterocycles. The van der Waals surface area contributed by atoms with Crippen molar-refractivity contribution in [1.29, 1.82) is 0 Å². The number of rotatable bonds is 10. The number of nitrogens with zero attached hydrogens (tertiary/aromatic N) is 5. The lowest BCUT2D eigenvalue weighted by Gasteiger charge is -2.32. The second kappa shape index (κ2) is 15.2. The van der Waals surface area contributed by atoms with Crippen LogP contribution in [0, 0.1) is 38.2 Å². The van der Waals surface area contributed by atoms with Gasteiger partial charge in [-0.15, -0.1) is 0 Å². The van der Waals surface area contributed by atoms with Gasteiger partial charge in [0.1, 0.15) is 22.3 Å². The first kappa shape index (κ1) is 34.9. The van der Waals surface area contributed by atoms with Gasteiger partial charge in [0.05, 0.1) is 12.3 Å². The fourth-order valence-electron chi connectivity index (χ4n) is 5.34. The van der Waals surface area contributed by atoms with Crippen molar-refractivity contribution < 1.29 is 27.4 Å². The van der Waals surface area contributed by atoms with Crippen molar-refractivity contribution in [3.8, 4) is 22.9 Å². The Labute approximate surface area is 283 Å².